The highest BCUT2D eigenvalue weighted by atomic mass is 28.3. The van der Waals surface area contributed by atoms with Crippen molar-refractivity contribution in [3.05, 3.63) is 374 Å². The smallest absolute Gasteiger partial charge is 0.0623 e. The van der Waals surface area contributed by atoms with Gasteiger partial charge in [-0.2, -0.15) is 0 Å². The van der Waals surface area contributed by atoms with Gasteiger partial charge in [0.2, 0.25) is 0 Å². The van der Waals surface area contributed by atoms with Crippen LogP contribution in [0.25, 0.3) is 110 Å². The second-order valence-corrected chi connectivity index (χ2v) is 33.3. The van der Waals surface area contributed by atoms with Gasteiger partial charge in [0.05, 0.1) is 5.41 Å². The average molecular weight is 1210 g/mol. The second kappa shape index (κ2) is 19.9. The highest BCUT2D eigenvalue weighted by Gasteiger charge is 2.54. The minimum atomic E-state index is -2.84. The molecule has 1 unspecified atom stereocenters. The molecular formula is C91H58Si2. The third-order valence-corrected chi connectivity index (χ3v) is 31.6. The molecule has 430 valence electrons. The molecule has 0 saturated carbocycles. The summed E-state index contributed by atoms with van der Waals surface area (Å²) in [7, 11) is -5.69. The Kier molecular flexibility index (Phi) is 11.2. The Balaban J connectivity index is 0.923. The predicted octanol–water partition coefficient (Wildman–Crippen LogP) is 17.2. The van der Waals surface area contributed by atoms with Crippen LogP contribution in [0.2, 0.25) is 0 Å². The molecule has 0 saturated heterocycles. The zero-order valence-electron chi connectivity index (χ0n) is 51.0. The Bertz CT molecular complexity index is 5490. The van der Waals surface area contributed by atoms with Crippen molar-refractivity contribution >= 4 is 90.0 Å². The summed E-state index contributed by atoms with van der Waals surface area (Å²) in [6, 6.07) is 136. The summed E-state index contributed by atoms with van der Waals surface area (Å²) >= 11 is 0. The molecule has 0 bridgehead atoms. The number of fused-ring (bicyclic) bond motifs is 20. The highest BCUT2D eigenvalue weighted by molar-refractivity contribution is 7.23. The number of benzene rings is 16. The van der Waals surface area contributed by atoms with E-state index in [0.29, 0.717) is 0 Å². The predicted molar refractivity (Wildman–Crippen MR) is 397 cm³/mol. The van der Waals surface area contributed by atoms with E-state index in [1.165, 1.54) is 174 Å². The van der Waals surface area contributed by atoms with Crippen molar-refractivity contribution in [3.8, 4) is 77.9 Å². The Hall–Kier alpha value is -11.3. The van der Waals surface area contributed by atoms with E-state index in [2.05, 4.69) is 352 Å². The van der Waals surface area contributed by atoms with Gasteiger partial charge in [0.1, 0.15) is 0 Å². The Morgan fingerprint density at radius 2 is 0.548 bits per heavy atom. The maximum absolute atomic E-state index is 2.84. The SMILES string of the molecule is c1ccc([Si]2(c3ccccc3)c3ccccc3-c3c(-c4cccc5c(-c6cccc7c6-c6ccccc6C76c7ccccc7-c7ccc8ccccc8c76)c6cccc(-c7cccc8c7-c7ccccc7[Si]8(c7ccccc7)c7ccccc7)c6cc45)cccc32)cc1. The third-order valence-electron chi connectivity index (χ3n) is 21.8. The van der Waals surface area contributed by atoms with Crippen molar-refractivity contribution in [2.45, 2.75) is 5.41 Å². The Morgan fingerprint density at radius 3 is 1.09 bits per heavy atom. The molecule has 4 aliphatic rings. The van der Waals surface area contributed by atoms with Crippen molar-refractivity contribution in [2.75, 3.05) is 0 Å². The van der Waals surface area contributed by atoms with Crippen LogP contribution in [-0.4, -0.2) is 16.1 Å². The first-order chi connectivity index (χ1) is 46.2. The van der Waals surface area contributed by atoms with E-state index in [-0.39, 0.29) is 0 Å². The van der Waals surface area contributed by atoms with Crippen LogP contribution in [0.15, 0.2) is 352 Å². The van der Waals surface area contributed by atoms with E-state index in [4.69, 9.17) is 0 Å². The van der Waals surface area contributed by atoms with Crippen LogP contribution in [0.1, 0.15) is 22.3 Å². The molecule has 0 amide bonds. The van der Waals surface area contributed by atoms with E-state index in [1.54, 1.807) is 0 Å². The molecule has 2 heteroatoms. The number of hydrogen-bond donors (Lipinski definition) is 0. The van der Waals surface area contributed by atoms with Gasteiger partial charge < -0.3 is 0 Å². The number of rotatable bonds is 7. The molecule has 16 aromatic carbocycles. The van der Waals surface area contributed by atoms with Gasteiger partial charge >= 0.3 is 0 Å². The first-order valence-corrected chi connectivity index (χ1v) is 36.7. The van der Waals surface area contributed by atoms with Crippen LogP contribution in [-0.2, 0) is 5.41 Å². The average Bonchev–Trinajstić information content (AvgIpc) is 1.52. The molecule has 93 heavy (non-hydrogen) atoms. The summed E-state index contributed by atoms with van der Waals surface area (Å²) < 4.78 is 0. The van der Waals surface area contributed by atoms with Gasteiger partial charge in [0, 0.05) is 0 Å². The lowest BCUT2D eigenvalue weighted by Crippen LogP contribution is -2.72. The second-order valence-electron chi connectivity index (χ2n) is 25.8. The fourth-order valence-electron chi connectivity index (χ4n) is 18.5. The molecule has 2 heterocycles. The van der Waals surface area contributed by atoms with Crippen LogP contribution in [0.4, 0.5) is 0 Å². The highest BCUT2D eigenvalue weighted by Crippen LogP contribution is 2.66. The lowest BCUT2D eigenvalue weighted by Gasteiger charge is -2.31. The molecule has 1 spiro atoms. The van der Waals surface area contributed by atoms with E-state index in [1.807, 2.05) is 0 Å². The molecule has 2 aliphatic carbocycles. The van der Waals surface area contributed by atoms with Crippen LogP contribution in [0.5, 0.6) is 0 Å². The van der Waals surface area contributed by atoms with Crippen LogP contribution in [0.3, 0.4) is 0 Å². The van der Waals surface area contributed by atoms with E-state index in [0.717, 1.165) is 0 Å². The first-order valence-electron chi connectivity index (χ1n) is 32.7. The van der Waals surface area contributed by atoms with Crippen LogP contribution >= 0.6 is 0 Å². The summed E-state index contributed by atoms with van der Waals surface area (Å²) in [5.74, 6) is 0. The van der Waals surface area contributed by atoms with Crippen molar-refractivity contribution < 1.29 is 0 Å². The molecule has 0 fully saturated rings. The minimum Gasteiger partial charge on any atom is -0.0623 e. The van der Waals surface area contributed by atoms with Gasteiger partial charge in [-0.15, -0.1) is 0 Å². The normalized spacial score (nSPS) is 15.3. The topological polar surface area (TPSA) is 0 Å². The molecule has 0 N–H and O–H groups in total. The molecular weight excluding hydrogens is 1150 g/mol. The van der Waals surface area contributed by atoms with Crippen LogP contribution < -0.4 is 41.5 Å². The monoisotopic (exact) mass is 1210 g/mol. The third kappa shape index (κ3) is 6.83. The lowest BCUT2D eigenvalue weighted by molar-refractivity contribution is 0.801. The molecule has 20 rings (SSSR count). The maximum Gasteiger partial charge on any atom is 0.180 e. The van der Waals surface area contributed by atoms with Crippen molar-refractivity contribution in [3.63, 3.8) is 0 Å². The molecule has 0 aromatic heterocycles. The van der Waals surface area contributed by atoms with E-state index >= 15 is 0 Å². The van der Waals surface area contributed by atoms with Gasteiger partial charge in [-0.25, -0.2) is 0 Å². The Labute approximate surface area is 543 Å². The quantitative estimate of drug-likeness (QED) is 0.110. The summed E-state index contributed by atoms with van der Waals surface area (Å²) in [6.45, 7) is 0. The minimum absolute atomic E-state index is 0.566. The number of hydrogen-bond acceptors (Lipinski definition) is 0. The zero-order chi connectivity index (χ0) is 61.0. The molecule has 16 aromatic rings. The Morgan fingerprint density at radius 1 is 0.183 bits per heavy atom. The summed E-state index contributed by atoms with van der Waals surface area (Å²) in [6.07, 6.45) is 0. The molecule has 0 radical (unpaired) electrons. The van der Waals surface area contributed by atoms with Gasteiger partial charge in [-0.3, -0.25) is 0 Å². The van der Waals surface area contributed by atoms with Gasteiger partial charge in [0.15, 0.2) is 16.1 Å². The molecule has 2 aliphatic heterocycles. The van der Waals surface area contributed by atoms with E-state index < -0.39 is 21.6 Å². The van der Waals surface area contributed by atoms with Crippen molar-refractivity contribution in [1.82, 2.24) is 0 Å². The fourth-order valence-corrected chi connectivity index (χ4v) is 28.9. The summed E-state index contributed by atoms with van der Waals surface area (Å²) in [5, 5.41) is 18.9. The van der Waals surface area contributed by atoms with Crippen molar-refractivity contribution in [1.29, 1.82) is 0 Å². The fraction of sp³-hybridized carbons (Fsp3) is 0.0110. The van der Waals surface area contributed by atoms with E-state index in [9.17, 15) is 0 Å². The van der Waals surface area contributed by atoms with Crippen molar-refractivity contribution in [2.24, 2.45) is 0 Å². The largest absolute Gasteiger partial charge is 0.180 e. The summed E-state index contributed by atoms with van der Waals surface area (Å²) in [4.78, 5) is 0. The van der Waals surface area contributed by atoms with Crippen LogP contribution in [0, 0.1) is 0 Å². The molecule has 1 atom stereocenters. The summed E-state index contributed by atoms with van der Waals surface area (Å²) in [5.41, 5.74) is 22.9. The molecule has 0 nitrogen and oxygen atoms in total. The van der Waals surface area contributed by atoms with Gasteiger partial charge in [-0.05, 0) is 180 Å². The van der Waals surface area contributed by atoms with Gasteiger partial charge in [0.25, 0.3) is 0 Å². The zero-order valence-corrected chi connectivity index (χ0v) is 53.0. The maximum atomic E-state index is 2.60. The van der Waals surface area contributed by atoms with Gasteiger partial charge in [-0.1, -0.05) is 346 Å². The first kappa shape index (κ1) is 52.5. The lowest BCUT2D eigenvalue weighted by atomic mass is 9.69. The standard InChI is InChI=1S/C91H58Si2/c1-5-29-60(30-6-1)92(61-31-7-2-8-32-61)82-52-21-17-40-74(82)88-68(46-26-54-84(88)92)65-42-23-44-70-77(65)58-78-66(69-47-27-55-85-89(69)75-41-18-22-53-83(75)93(85,62-33-9-3-10-34-62)63-35-11-4-12-36-63)43-24-45-71(78)86(70)76-48-25-51-81-87(76)73-39-16-20-50-80(73)91(81)79-49-19-15-38-67(79)72-57-56-59-28-13-14-37-64(59)90(72)91/h1-58H.